The Balaban J connectivity index is 1.97. The Labute approximate surface area is 140 Å². The molecule has 4 rings (SSSR count). The van der Waals surface area contributed by atoms with E-state index < -0.39 is 9.84 Å². The Hall–Kier alpha value is -2.47. The molecular weight excluding hydrogens is 322 g/mol. The Morgan fingerprint density at radius 3 is 2.04 bits per heavy atom. The van der Waals surface area contributed by atoms with Crippen molar-refractivity contribution in [1.82, 2.24) is 9.97 Å². The topological polar surface area (TPSA) is 63.2 Å². The summed E-state index contributed by atoms with van der Waals surface area (Å²) in [7, 11) is -3.71. The number of sulfone groups is 1. The fourth-order valence-electron chi connectivity index (χ4n) is 3.00. The van der Waals surface area contributed by atoms with Crippen LogP contribution in [-0.4, -0.2) is 31.5 Å². The van der Waals surface area contributed by atoms with E-state index in [0.717, 1.165) is 25.9 Å². The van der Waals surface area contributed by atoms with Gasteiger partial charge in [-0.25, -0.2) is 18.4 Å². The summed E-state index contributed by atoms with van der Waals surface area (Å²) in [5.41, 5.74) is 1.31. The third kappa shape index (κ3) is 2.53. The van der Waals surface area contributed by atoms with E-state index in [1.54, 1.807) is 36.4 Å². The van der Waals surface area contributed by atoms with Gasteiger partial charge in [0, 0.05) is 13.1 Å². The molecule has 0 atom stereocenters. The van der Waals surface area contributed by atoms with Crippen molar-refractivity contribution in [3.63, 3.8) is 0 Å². The maximum Gasteiger partial charge on any atom is 0.227 e. The van der Waals surface area contributed by atoms with Crippen molar-refractivity contribution in [2.75, 3.05) is 18.0 Å². The number of anilines is 1. The van der Waals surface area contributed by atoms with Crippen molar-refractivity contribution in [1.29, 1.82) is 0 Å². The molecule has 2 aromatic carbocycles. The van der Waals surface area contributed by atoms with Gasteiger partial charge >= 0.3 is 0 Å². The highest BCUT2D eigenvalue weighted by molar-refractivity contribution is 7.91. The van der Waals surface area contributed by atoms with Gasteiger partial charge in [-0.15, -0.1) is 0 Å². The first-order valence-corrected chi connectivity index (χ1v) is 9.46. The molecule has 122 valence electrons. The Bertz CT molecular complexity index is 982. The Morgan fingerprint density at radius 1 is 0.792 bits per heavy atom. The highest BCUT2D eigenvalue weighted by Gasteiger charge is 2.29. The summed E-state index contributed by atoms with van der Waals surface area (Å²) in [5.74, 6) is 0.468. The van der Waals surface area contributed by atoms with Crippen LogP contribution < -0.4 is 4.90 Å². The van der Waals surface area contributed by atoms with Crippen molar-refractivity contribution in [2.45, 2.75) is 22.8 Å². The molecule has 0 N–H and O–H groups in total. The average molecular weight is 339 g/mol. The normalized spacial score (nSPS) is 15.1. The number of para-hydroxylation sites is 2. The second-order valence-corrected chi connectivity index (χ2v) is 7.72. The molecule has 0 aliphatic carbocycles. The fourth-order valence-corrected chi connectivity index (χ4v) is 4.37. The zero-order valence-corrected chi connectivity index (χ0v) is 13.9. The van der Waals surface area contributed by atoms with Crippen molar-refractivity contribution in [3.8, 4) is 0 Å². The molecule has 0 saturated carbocycles. The van der Waals surface area contributed by atoms with Crippen LogP contribution in [0.15, 0.2) is 64.5 Å². The van der Waals surface area contributed by atoms with E-state index >= 15 is 0 Å². The molecule has 5 nitrogen and oxygen atoms in total. The summed E-state index contributed by atoms with van der Waals surface area (Å²) < 4.78 is 26.3. The molecule has 2 heterocycles. The molecular formula is C18H17N3O2S. The number of hydrogen-bond donors (Lipinski definition) is 0. The van der Waals surface area contributed by atoms with Gasteiger partial charge in [-0.1, -0.05) is 30.3 Å². The number of aromatic nitrogens is 2. The van der Waals surface area contributed by atoms with E-state index in [9.17, 15) is 8.42 Å². The molecule has 3 aromatic rings. The van der Waals surface area contributed by atoms with Crippen LogP contribution >= 0.6 is 0 Å². The van der Waals surface area contributed by atoms with Gasteiger partial charge in [0.05, 0.1) is 15.9 Å². The second-order valence-electron chi connectivity index (χ2n) is 5.85. The predicted molar refractivity (Wildman–Crippen MR) is 92.9 cm³/mol. The first kappa shape index (κ1) is 15.1. The first-order valence-electron chi connectivity index (χ1n) is 7.98. The predicted octanol–water partition coefficient (Wildman–Crippen LogP) is 3.06. The number of benzene rings is 2. The summed E-state index contributed by atoms with van der Waals surface area (Å²) in [6.45, 7) is 1.62. The van der Waals surface area contributed by atoms with Crippen LogP contribution in [0.25, 0.3) is 11.0 Å². The summed E-state index contributed by atoms with van der Waals surface area (Å²) >= 11 is 0. The van der Waals surface area contributed by atoms with E-state index in [-0.39, 0.29) is 9.92 Å². The van der Waals surface area contributed by atoms with Crippen LogP contribution in [0.5, 0.6) is 0 Å². The number of hydrogen-bond acceptors (Lipinski definition) is 5. The lowest BCUT2D eigenvalue weighted by Gasteiger charge is -2.20. The molecule has 24 heavy (non-hydrogen) atoms. The molecule has 0 bridgehead atoms. The molecule has 1 saturated heterocycles. The van der Waals surface area contributed by atoms with E-state index in [0.29, 0.717) is 16.9 Å². The van der Waals surface area contributed by atoms with Crippen LogP contribution in [0.2, 0.25) is 0 Å². The Morgan fingerprint density at radius 2 is 1.38 bits per heavy atom. The molecule has 6 heteroatoms. The smallest absolute Gasteiger partial charge is 0.227 e. The molecule has 1 aliphatic rings. The lowest BCUT2D eigenvalue weighted by atomic mass is 10.3. The summed E-state index contributed by atoms with van der Waals surface area (Å²) in [6, 6.07) is 15.8. The Kier molecular flexibility index (Phi) is 3.69. The summed E-state index contributed by atoms with van der Waals surface area (Å²) in [4.78, 5) is 11.4. The number of rotatable bonds is 3. The number of fused-ring (bicyclic) bond motifs is 1. The molecule has 0 radical (unpaired) electrons. The lowest BCUT2D eigenvalue weighted by molar-refractivity contribution is 0.592. The van der Waals surface area contributed by atoms with Crippen LogP contribution in [0.1, 0.15) is 12.8 Å². The minimum absolute atomic E-state index is 0.0503. The molecule has 0 amide bonds. The lowest BCUT2D eigenvalue weighted by Crippen LogP contribution is -2.23. The quantitative estimate of drug-likeness (QED) is 0.734. The van der Waals surface area contributed by atoms with E-state index in [1.807, 2.05) is 23.1 Å². The van der Waals surface area contributed by atoms with Crippen molar-refractivity contribution < 1.29 is 8.42 Å². The largest absolute Gasteiger partial charge is 0.354 e. The minimum Gasteiger partial charge on any atom is -0.354 e. The van der Waals surface area contributed by atoms with Crippen molar-refractivity contribution in [2.24, 2.45) is 0 Å². The monoisotopic (exact) mass is 339 g/mol. The van der Waals surface area contributed by atoms with Crippen LogP contribution in [0.4, 0.5) is 5.82 Å². The van der Waals surface area contributed by atoms with Gasteiger partial charge in [-0.2, -0.15) is 0 Å². The average Bonchev–Trinajstić information content (AvgIpc) is 3.16. The molecule has 0 unspecified atom stereocenters. The maximum absolute atomic E-state index is 13.1. The van der Waals surface area contributed by atoms with Gasteiger partial charge in [0.2, 0.25) is 14.9 Å². The van der Waals surface area contributed by atoms with E-state index in [2.05, 4.69) is 9.97 Å². The third-order valence-electron chi connectivity index (χ3n) is 4.24. The zero-order valence-electron chi connectivity index (χ0n) is 13.1. The SMILES string of the molecule is O=S(=O)(c1ccccc1)c1nc2ccccc2nc1N1CCCC1. The standard InChI is InChI=1S/C18H17N3O2S/c22-24(23,14-8-2-1-3-9-14)18-17(21-12-6-7-13-21)19-15-10-4-5-11-16(15)20-18/h1-5,8-11H,6-7,12-13H2. The van der Waals surface area contributed by atoms with E-state index in [1.165, 1.54) is 0 Å². The van der Waals surface area contributed by atoms with Crippen molar-refractivity contribution in [3.05, 3.63) is 54.6 Å². The summed E-state index contributed by atoms with van der Waals surface area (Å²) in [5, 5.41) is 0.0503. The number of nitrogens with zero attached hydrogens (tertiary/aromatic N) is 3. The van der Waals surface area contributed by atoms with Gasteiger partial charge in [-0.05, 0) is 37.1 Å². The fraction of sp³-hybridized carbons (Fsp3) is 0.222. The van der Waals surface area contributed by atoms with Crippen LogP contribution in [0, 0.1) is 0 Å². The maximum atomic E-state index is 13.1. The van der Waals surface area contributed by atoms with E-state index in [4.69, 9.17) is 0 Å². The molecule has 1 aliphatic heterocycles. The van der Waals surface area contributed by atoms with Gasteiger partial charge in [0.1, 0.15) is 0 Å². The third-order valence-corrected chi connectivity index (χ3v) is 5.91. The van der Waals surface area contributed by atoms with Gasteiger partial charge in [0.25, 0.3) is 0 Å². The van der Waals surface area contributed by atoms with Gasteiger partial charge in [0.15, 0.2) is 5.82 Å². The summed E-state index contributed by atoms with van der Waals surface area (Å²) in [6.07, 6.45) is 2.08. The van der Waals surface area contributed by atoms with Crippen molar-refractivity contribution >= 4 is 26.7 Å². The molecule has 1 aromatic heterocycles. The van der Waals surface area contributed by atoms with Crippen LogP contribution in [-0.2, 0) is 9.84 Å². The van der Waals surface area contributed by atoms with Gasteiger partial charge < -0.3 is 4.90 Å². The highest BCUT2D eigenvalue weighted by atomic mass is 32.2. The first-order chi connectivity index (χ1) is 11.7. The zero-order chi connectivity index (χ0) is 16.6. The minimum atomic E-state index is -3.71. The second kappa shape index (κ2) is 5.87. The van der Waals surface area contributed by atoms with Gasteiger partial charge in [-0.3, -0.25) is 0 Å². The van der Waals surface area contributed by atoms with Crippen LogP contribution in [0.3, 0.4) is 0 Å². The molecule has 1 fully saturated rings. The molecule has 0 spiro atoms. The highest BCUT2D eigenvalue weighted by Crippen LogP contribution is 2.31.